The summed E-state index contributed by atoms with van der Waals surface area (Å²) in [6.45, 7) is 1.46. The molecule has 0 fully saturated rings. The van der Waals surface area contributed by atoms with Gasteiger partial charge in [0.25, 0.3) is 5.91 Å². The SMILES string of the molecule is C[C@@H](OC(=O)c1cc(Br)ccc1N)C(=O)Nc1ccc(Cl)cn1. The quantitative estimate of drug-likeness (QED) is 0.609. The normalized spacial score (nSPS) is 11.6. The van der Waals surface area contributed by atoms with Gasteiger partial charge in [-0.15, -0.1) is 0 Å². The van der Waals surface area contributed by atoms with E-state index in [0.29, 0.717) is 15.3 Å². The molecule has 0 aliphatic heterocycles. The third-order valence-electron chi connectivity index (χ3n) is 2.87. The van der Waals surface area contributed by atoms with Crippen molar-refractivity contribution in [2.75, 3.05) is 11.1 Å². The summed E-state index contributed by atoms with van der Waals surface area (Å²) >= 11 is 8.96. The highest BCUT2D eigenvalue weighted by atomic mass is 79.9. The summed E-state index contributed by atoms with van der Waals surface area (Å²) < 4.78 is 5.81. The summed E-state index contributed by atoms with van der Waals surface area (Å²) in [5.74, 6) is -0.887. The standard InChI is InChI=1S/C15H13BrClN3O3/c1-8(14(21)20-13-5-3-10(17)7-19-13)23-15(22)11-6-9(16)2-4-12(11)18/h2-8H,18H2,1H3,(H,19,20,21)/t8-/m1/s1. The van der Waals surface area contributed by atoms with Crippen molar-refractivity contribution in [2.45, 2.75) is 13.0 Å². The Morgan fingerprint density at radius 3 is 2.74 bits per heavy atom. The van der Waals surface area contributed by atoms with Crippen molar-refractivity contribution in [3.8, 4) is 0 Å². The molecule has 2 rings (SSSR count). The Kier molecular flexibility index (Phi) is 5.57. The molecule has 0 aliphatic rings. The molecule has 3 N–H and O–H groups in total. The van der Waals surface area contributed by atoms with Crippen LogP contribution in [0.15, 0.2) is 41.0 Å². The number of carbonyl (C=O) groups excluding carboxylic acids is 2. The molecule has 1 aromatic heterocycles. The Hall–Kier alpha value is -2.12. The number of nitrogen functional groups attached to an aromatic ring is 1. The number of hydrogen-bond acceptors (Lipinski definition) is 5. The highest BCUT2D eigenvalue weighted by Crippen LogP contribution is 2.20. The first kappa shape index (κ1) is 17.2. The fraction of sp³-hybridized carbons (Fsp3) is 0.133. The van der Waals surface area contributed by atoms with Gasteiger partial charge in [-0.25, -0.2) is 9.78 Å². The van der Waals surface area contributed by atoms with Crippen molar-refractivity contribution >= 4 is 50.9 Å². The van der Waals surface area contributed by atoms with Gasteiger partial charge < -0.3 is 15.8 Å². The first-order valence-electron chi connectivity index (χ1n) is 6.55. The molecule has 6 nitrogen and oxygen atoms in total. The lowest BCUT2D eigenvalue weighted by atomic mass is 10.2. The molecule has 0 radical (unpaired) electrons. The Morgan fingerprint density at radius 1 is 1.35 bits per heavy atom. The second-order valence-electron chi connectivity index (χ2n) is 4.63. The Labute approximate surface area is 146 Å². The van der Waals surface area contributed by atoms with E-state index in [9.17, 15) is 9.59 Å². The first-order chi connectivity index (χ1) is 10.9. The van der Waals surface area contributed by atoms with Crippen molar-refractivity contribution < 1.29 is 14.3 Å². The zero-order valence-electron chi connectivity index (χ0n) is 12.0. The summed E-state index contributed by atoms with van der Waals surface area (Å²) in [5.41, 5.74) is 6.19. The average molecular weight is 399 g/mol. The minimum absolute atomic E-state index is 0.184. The number of pyridine rings is 1. The third-order valence-corrected chi connectivity index (χ3v) is 3.58. The monoisotopic (exact) mass is 397 g/mol. The number of nitrogens with zero attached hydrogens (tertiary/aromatic N) is 1. The second-order valence-corrected chi connectivity index (χ2v) is 5.98. The average Bonchev–Trinajstić information content (AvgIpc) is 2.51. The molecule has 0 spiro atoms. The number of carbonyl (C=O) groups is 2. The van der Waals surface area contributed by atoms with Crippen molar-refractivity contribution in [1.82, 2.24) is 4.98 Å². The van der Waals surface area contributed by atoms with Gasteiger partial charge in [-0.05, 0) is 37.3 Å². The van der Waals surface area contributed by atoms with Gasteiger partial charge in [0.05, 0.1) is 10.6 Å². The molecule has 0 saturated carbocycles. The minimum Gasteiger partial charge on any atom is -0.449 e. The Bertz CT molecular complexity index is 737. The fourth-order valence-corrected chi connectivity index (χ4v) is 2.13. The molecule has 1 atom stereocenters. The van der Waals surface area contributed by atoms with Gasteiger partial charge in [0.2, 0.25) is 0 Å². The van der Waals surface area contributed by atoms with Crippen LogP contribution in [0.1, 0.15) is 17.3 Å². The van der Waals surface area contributed by atoms with E-state index < -0.39 is 18.0 Å². The van der Waals surface area contributed by atoms with Gasteiger partial charge in [0, 0.05) is 16.4 Å². The number of nitrogens with two attached hydrogens (primary N) is 1. The summed E-state index contributed by atoms with van der Waals surface area (Å²) in [5, 5.41) is 2.98. The number of halogens is 2. The maximum atomic E-state index is 12.1. The maximum absolute atomic E-state index is 12.1. The van der Waals surface area contributed by atoms with Crippen molar-refractivity contribution in [1.29, 1.82) is 0 Å². The largest absolute Gasteiger partial charge is 0.449 e. The molecule has 120 valence electrons. The number of nitrogens with one attached hydrogen (secondary N) is 1. The maximum Gasteiger partial charge on any atom is 0.341 e. The molecular formula is C15H13BrClN3O3. The summed E-state index contributed by atoms with van der Waals surface area (Å²) in [7, 11) is 0. The van der Waals surface area contributed by atoms with Gasteiger partial charge in [0.1, 0.15) is 5.82 Å². The molecule has 8 heteroatoms. The van der Waals surface area contributed by atoms with Crippen molar-refractivity contribution in [3.05, 3.63) is 51.6 Å². The van der Waals surface area contributed by atoms with Crippen LogP contribution in [0.2, 0.25) is 5.02 Å². The zero-order chi connectivity index (χ0) is 17.0. The lowest BCUT2D eigenvalue weighted by Crippen LogP contribution is -2.30. The van der Waals surface area contributed by atoms with Crippen LogP contribution in [0.25, 0.3) is 0 Å². The second kappa shape index (κ2) is 7.43. The van der Waals surface area contributed by atoms with Crippen LogP contribution in [-0.4, -0.2) is 23.0 Å². The van der Waals surface area contributed by atoms with E-state index in [1.165, 1.54) is 19.2 Å². The molecule has 1 amide bonds. The number of amides is 1. The topological polar surface area (TPSA) is 94.3 Å². The molecule has 0 aliphatic carbocycles. The number of ether oxygens (including phenoxy) is 1. The number of hydrogen-bond donors (Lipinski definition) is 2. The van der Waals surface area contributed by atoms with E-state index in [1.54, 1.807) is 24.3 Å². The predicted octanol–water partition coefficient (Wildman–Crippen LogP) is 3.26. The molecule has 23 heavy (non-hydrogen) atoms. The highest BCUT2D eigenvalue weighted by Gasteiger charge is 2.21. The third kappa shape index (κ3) is 4.67. The lowest BCUT2D eigenvalue weighted by molar-refractivity contribution is -0.123. The van der Waals surface area contributed by atoms with Crippen LogP contribution >= 0.6 is 27.5 Å². The smallest absolute Gasteiger partial charge is 0.341 e. The van der Waals surface area contributed by atoms with Crippen LogP contribution < -0.4 is 11.1 Å². The van der Waals surface area contributed by atoms with Gasteiger partial charge in [-0.3, -0.25) is 4.79 Å². The number of anilines is 2. The van der Waals surface area contributed by atoms with Crippen LogP contribution in [-0.2, 0) is 9.53 Å². The molecule has 0 unspecified atom stereocenters. The predicted molar refractivity (Wildman–Crippen MR) is 91.3 cm³/mol. The van der Waals surface area contributed by atoms with Crippen molar-refractivity contribution in [2.24, 2.45) is 0 Å². The Balaban J connectivity index is 2.01. The van der Waals surface area contributed by atoms with E-state index in [1.807, 2.05) is 0 Å². The van der Waals surface area contributed by atoms with Crippen molar-refractivity contribution in [3.63, 3.8) is 0 Å². The molecule has 1 heterocycles. The van der Waals surface area contributed by atoms with E-state index in [4.69, 9.17) is 22.1 Å². The summed E-state index contributed by atoms with van der Waals surface area (Å²) in [6, 6.07) is 7.94. The number of benzene rings is 1. The zero-order valence-corrected chi connectivity index (χ0v) is 14.4. The number of rotatable bonds is 4. The van der Waals surface area contributed by atoms with Crippen LogP contribution in [0.3, 0.4) is 0 Å². The lowest BCUT2D eigenvalue weighted by Gasteiger charge is -2.14. The van der Waals surface area contributed by atoms with E-state index in [-0.39, 0.29) is 11.3 Å². The van der Waals surface area contributed by atoms with E-state index in [2.05, 4.69) is 26.2 Å². The molecule has 1 aromatic carbocycles. The van der Waals surface area contributed by atoms with Gasteiger partial charge >= 0.3 is 5.97 Å². The summed E-state index contributed by atoms with van der Waals surface area (Å²) in [6.07, 6.45) is 0.383. The van der Waals surface area contributed by atoms with Crippen LogP contribution in [0.4, 0.5) is 11.5 Å². The number of aromatic nitrogens is 1. The van der Waals surface area contributed by atoms with Crippen LogP contribution in [0, 0.1) is 0 Å². The molecular weight excluding hydrogens is 386 g/mol. The number of esters is 1. The first-order valence-corrected chi connectivity index (χ1v) is 7.72. The van der Waals surface area contributed by atoms with Gasteiger partial charge in [-0.2, -0.15) is 0 Å². The highest BCUT2D eigenvalue weighted by molar-refractivity contribution is 9.10. The van der Waals surface area contributed by atoms with Gasteiger partial charge in [-0.1, -0.05) is 27.5 Å². The Morgan fingerprint density at radius 2 is 2.09 bits per heavy atom. The molecule has 2 aromatic rings. The van der Waals surface area contributed by atoms with E-state index in [0.717, 1.165) is 0 Å². The molecule has 0 bridgehead atoms. The van der Waals surface area contributed by atoms with Gasteiger partial charge in [0.15, 0.2) is 6.10 Å². The van der Waals surface area contributed by atoms with E-state index >= 15 is 0 Å². The summed E-state index contributed by atoms with van der Waals surface area (Å²) in [4.78, 5) is 28.0. The van der Waals surface area contributed by atoms with Crippen LogP contribution in [0.5, 0.6) is 0 Å². The molecule has 0 saturated heterocycles. The minimum atomic E-state index is -1.02. The fourth-order valence-electron chi connectivity index (χ4n) is 1.66.